The van der Waals surface area contributed by atoms with E-state index < -0.39 is 0 Å². The first-order chi connectivity index (χ1) is 15.5. The standard InChI is InChI=1S/C24H19ClN4O2S/c25-18-7-6-17(27-22(30)12-14-3-4-14)13-20(18)28-24-29-23(31)21(32-24)11-15-5-8-19-16(10-15)2-1-9-26-19/h1-2,5-11,13-14H,3-4,12H2,(H,27,30)(H,28,29,31)/b21-11+. The lowest BCUT2D eigenvalue weighted by Gasteiger charge is -2.07. The fraction of sp³-hybridized carbons (Fsp3) is 0.167. The molecule has 8 heteroatoms. The molecule has 2 aliphatic rings. The van der Waals surface area contributed by atoms with E-state index in [1.54, 1.807) is 24.4 Å². The second kappa shape index (κ2) is 8.76. The average Bonchev–Trinajstić information content (AvgIpc) is 3.52. The van der Waals surface area contributed by atoms with Gasteiger partial charge in [0.05, 0.1) is 21.1 Å². The predicted octanol–water partition coefficient (Wildman–Crippen LogP) is 5.52. The minimum absolute atomic E-state index is 0.00669. The molecule has 2 fully saturated rings. The number of thioether (sulfide) groups is 1. The highest BCUT2D eigenvalue weighted by atomic mass is 35.5. The molecule has 2 amide bonds. The van der Waals surface area contributed by atoms with Crippen molar-refractivity contribution in [3.63, 3.8) is 0 Å². The molecule has 2 N–H and O–H groups in total. The van der Waals surface area contributed by atoms with Crippen molar-refractivity contribution in [3.05, 3.63) is 70.2 Å². The number of nitrogens with zero attached hydrogens (tertiary/aromatic N) is 2. The summed E-state index contributed by atoms with van der Waals surface area (Å²) in [5.74, 6) is 0.286. The van der Waals surface area contributed by atoms with Gasteiger partial charge in [-0.15, -0.1) is 0 Å². The molecular weight excluding hydrogens is 444 g/mol. The SMILES string of the molecule is O=C(CC1CC1)Nc1ccc(Cl)c(N=C2NC(=O)/C(=C\c3ccc4ncccc4c3)S2)c1. The highest BCUT2D eigenvalue weighted by molar-refractivity contribution is 8.18. The van der Waals surface area contributed by atoms with E-state index >= 15 is 0 Å². The number of carbonyl (C=O) groups is 2. The van der Waals surface area contributed by atoms with Crippen LogP contribution in [0.3, 0.4) is 0 Å². The summed E-state index contributed by atoms with van der Waals surface area (Å²) in [4.78, 5) is 33.9. The van der Waals surface area contributed by atoms with Crippen LogP contribution in [0.25, 0.3) is 17.0 Å². The minimum atomic E-state index is -0.218. The van der Waals surface area contributed by atoms with Gasteiger partial charge in [0.1, 0.15) is 0 Å². The lowest BCUT2D eigenvalue weighted by Crippen LogP contribution is -2.19. The van der Waals surface area contributed by atoms with Gasteiger partial charge in [0.15, 0.2) is 5.17 Å². The van der Waals surface area contributed by atoms with Crippen molar-refractivity contribution in [3.8, 4) is 0 Å². The molecule has 6 nitrogen and oxygen atoms in total. The molecule has 1 saturated heterocycles. The Labute approximate surface area is 194 Å². The summed E-state index contributed by atoms with van der Waals surface area (Å²) < 4.78 is 0. The van der Waals surface area contributed by atoms with Crippen LogP contribution >= 0.6 is 23.4 Å². The maximum atomic E-state index is 12.5. The van der Waals surface area contributed by atoms with Crippen LogP contribution in [0.5, 0.6) is 0 Å². The molecular formula is C24H19ClN4O2S. The van der Waals surface area contributed by atoms with Gasteiger partial charge in [-0.1, -0.05) is 23.7 Å². The number of rotatable bonds is 5. The van der Waals surface area contributed by atoms with Crippen molar-refractivity contribution >= 4 is 68.7 Å². The summed E-state index contributed by atoms with van der Waals surface area (Å²) in [7, 11) is 0. The number of hydrogen-bond acceptors (Lipinski definition) is 5. The summed E-state index contributed by atoms with van der Waals surface area (Å²) >= 11 is 7.55. The third-order valence-corrected chi connectivity index (χ3v) is 6.43. The lowest BCUT2D eigenvalue weighted by atomic mass is 10.1. The Balaban J connectivity index is 1.34. The number of anilines is 1. The summed E-state index contributed by atoms with van der Waals surface area (Å²) in [5.41, 5.74) is 2.92. The third kappa shape index (κ3) is 4.84. The fourth-order valence-electron chi connectivity index (χ4n) is 3.40. The molecule has 32 heavy (non-hydrogen) atoms. The normalized spacial score (nSPS) is 18.3. The Kier molecular flexibility index (Phi) is 5.68. The summed E-state index contributed by atoms with van der Waals surface area (Å²) in [5, 5.41) is 7.55. The number of nitrogens with one attached hydrogen (secondary N) is 2. The quantitative estimate of drug-likeness (QED) is 0.489. The predicted molar refractivity (Wildman–Crippen MR) is 130 cm³/mol. The van der Waals surface area contributed by atoms with Crippen LogP contribution in [0.2, 0.25) is 5.02 Å². The molecule has 0 bridgehead atoms. The number of pyridine rings is 1. The molecule has 2 heterocycles. The van der Waals surface area contributed by atoms with E-state index in [-0.39, 0.29) is 11.8 Å². The van der Waals surface area contributed by atoms with Gasteiger partial charge >= 0.3 is 0 Å². The smallest absolute Gasteiger partial charge is 0.264 e. The zero-order valence-corrected chi connectivity index (χ0v) is 18.5. The molecule has 1 aliphatic heterocycles. The van der Waals surface area contributed by atoms with Gasteiger partial charge in [-0.25, -0.2) is 4.99 Å². The van der Waals surface area contributed by atoms with E-state index in [9.17, 15) is 9.59 Å². The molecule has 0 atom stereocenters. The van der Waals surface area contributed by atoms with Crippen LogP contribution in [0.4, 0.5) is 11.4 Å². The Morgan fingerprint density at radius 2 is 2.12 bits per heavy atom. The van der Waals surface area contributed by atoms with Crippen molar-refractivity contribution in [1.82, 2.24) is 10.3 Å². The molecule has 2 aromatic carbocycles. The Morgan fingerprint density at radius 3 is 2.97 bits per heavy atom. The number of amides is 2. The van der Waals surface area contributed by atoms with Gasteiger partial charge in [0, 0.05) is 23.7 Å². The molecule has 1 aromatic heterocycles. The number of hydrogen-bond donors (Lipinski definition) is 2. The van der Waals surface area contributed by atoms with E-state index in [0.717, 1.165) is 29.3 Å². The molecule has 1 saturated carbocycles. The van der Waals surface area contributed by atoms with Crippen LogP contribution in [0.1, 0.15) is 24.8 Å². The van der Waals surface area contributed by atoms with Crippen molar-refractivity contribution in [2.75, 3.05) is 5.32 Å². The van der Waals surface area contributed by atoms with Gasteiger partial charge in [0.2, 0.25) is 5.91 Å². The Bertz CT molecular complexity index is 1300. The Hall–Kier alpha value is -3.16. The van der Waals surface area contributed by atoms with Gasteiger partial charge in [-0.2, -0.15) is 0 Å². The van der Waals surface area contributed by atoms with Crippen LogP contribution in [0, 0.1) is 5.92 Å². The van der Waals surface area contributed by atoms with Gasteiger partial charge < -0.3 is 10.6 Å². The maximum absolute atomic E-state index is 12.5. The zero-order chi connectivity index (χ0) is 22.1. The summed E-state index contributed by atoms with van der Waals surface area (Å²) in [6.07, 6.45) is 6.36. The molecule has 5 rings (SSSR count). The number of benzene rings is 2. The van der Waals surface area contributed by atoms with Gasteiger partial charge in [-0.05, 0) is 78.6 Å². The van der Waals surface area contributed by atoms with Crippen molar-refractivity contribution in [2.45, 2.75) is 19.3 Å². The van der Waals surface area contributed by atoms with E-state index in [1.807, 2.05) is 36.4 Å². The van der Waals surface area contributed by atoms with Crippen LogP contribution in [-0.4, -0.2) is 22.0 Å². The largest absolute Gasteiger partial charge is 0.326 e. The van der Waals surface area contributed by atoms with Crippen molar-refractivity contribution < 1.29 is 9.59 Å². The van der Waals surface area contributed by atoms with Crippen molar-refractivity contribution in [2.24, 2.45) is 10.9 Å². The second-order valence-corrected chi connectivity index (χ2v) is 9.24. The minimum Gasteiger partial charge on any atom is -0.326 e. The van der Waals surface area contributed by atoms with Crippen LogP contribution in [-0.2, 0) is 9.59 Å². The van der Waals surface area contributed by atoms with E-state index in [4.69, 9.17) is 11.6 Å². The van der Waals surface area contributed by atoms with Crippen LogP contribution < -0.4 is 10.6 Å². The van der Waals surface area contributed by atoms with E-state index in [0.29, 0.717) is 38.8 Å². The number of aliphatic imine (C=N–C) groups is 1. The van der Waals surface area contributed by atoms with E-state index in [2.05, 4.69) is 20.6 Å². The first-order valence-electron chi connectivity index (χ1n) is 10.3. The first-order valence-corrected chi connectivity index (χ1v) is 11.5. The lowest BCUT2D eigenvalue weighted by molar-refractivity contribution is -0.116. The van der Waals surface area contributed by atoms with Gasteiger partial charge in [-0.3, -0.25) is 14.6 Å². The Morgan fingerprint density at radius 1 is 1.25 bits per heavy atom. The number of fused-ring (bicyclic) bond motifs is 1. The highest BCUT2D eigenvalue weighted by Gasteiger charge is 2.25. The summed E-state index contributed by atoms with van der Waals surface area (Å²) in [6, 6.07) is 14.9. The zero-order valence-electron chi connectivity index (χ0n) is 17.0. The number of amidine groups is 1. The van der Waals surface area contributed by atoms with Gasteiger partial charge in [0.25, 0.3) is 5.91 Å². The first kappa shape index (κ1) is 20.7. The molecule has 0 radical (unpaired) electrons. The fourth-order valence-corrected chi connectivity index (χ4v) is 4.39. The number of halogens is 1. The molecule has 0 unspecified atom stereocenters. The molecule has 0 spiro atoms. The summed E-state index contributed by atoms with van der Waals surface area (Å²) in [6.45, 7) is 0. The topological polar surface area (TPSA) is 83.5 Å². The monoisotopic (exact) mass is 462 g/mol. The average molecular weight is 463 g/mol. The molecule has 1 aliphatic carbocycles. The third-order valence-electron chi connectivity index (χ3n) is 5.20. The maximum Gasteiger partial charge on any atom is 0.264 e. The molecule has 3 aromatic rings. The second-order valence-electron chi connectivity index (χ2n) is 7.80. The molecule has 160 valence electrons. The highest BCUT2D eigenvalue weighted by Crippen LogP contribution is 2.34. The van der Waals surface area contributed by atoms with Crippen molar-refractivity contribution in [1.29, 1.82) is 0 Å². The van der Waals surface area contributed by atoms with Crippen LogP contribution in [0.15, 0.2) is 64.6 Å². The number of carbonyl (C=O) groups excluding carboxylic acids is 2. The number of aromatic nitrogens is 1. The van der Waals surface area contributed by atoms with E-state index in [1.165, 1.54) is 11.8 Å².